The van der Waals surface area contributed by atoms with Gasteiger partial charge in [0.2, 0.25) is 11.8 Å². The van der Waals surface area contributed by atoms with Gasteiger partial charge in [0, 0.05) is 32.6 Å². The SMILES string of the molecule is COc1ccccc1C(=O)N1CCN(C(=O)[C@@H]2CCC(=O)NC(=O)N2)CC1. The molecule has 9 nitrogen and oxygen atoms in total. The molecule has 0 spiro atoms. The Morgan fingerprint density at radius 2 is 1.74 bits per heavy atom. The van der Waals surface area contributed by atoms with E-state index in [9.17, 15) is 19.2 Å². The highest BCUT2D eigenvalue weighted by Gasteiger charge is 2.32. The molecule has 5 amide bonds. The molecule has 1 aromatic carbocycles. The number of amides is 5. The average Bonchev–Trinajstić information content (AvgIpc) is 2.87. The third-order valence-electron chi connectivity index (χ3n) is 4.73. The van der Waals surface area contributed by atoms with Crippen LogP contribution in [0.4, 0.5) is 4.79 Å². The molecule has 0 aromatic heterocycles. The summed E-state index contributed by atoms with van der Waals surface area (Å²) in [6.45, 7) is 1.52. The van der Waals surface area contributed by atoms with E-state index < -0.39 is 18.0 Å². The molecule has 27 heavy (non-hydrogen) atoms. The lowest BCUT2D eigenvalue weighted by Gasteiger charge is -2.36. The van der Waals surface area contributed by atoms with Gasteiger partial charge in [-0.05, 0) is 18.6 Å². The van der Waals surface area contributed by atoms with Gasteiger partial charge in [0.15, 0.2) is 0 Å². The minimum Gasteiger partial charge on any atom is -0.496 e. The van der Waals surface area contributed by atoms with Gasteiger partial charge in [0.1, 0.15) is 11.8 Å². The summed E-state index contributed by atoms with van der Waals surface area (Å²) in [4.78, 5) is 51.6. The monoisotopic (exact) mass is 374 g/mol. The molecule has 0 saturated carbocycles. The number of para-hydroxylation sites is 1. The third-order valence-corrected chi connectivity index (χ3v) is 4.73. The Kier molecular flexibility index (Phi) is 5.58. The van der Waals surface area contributed by atoms with Crippen LogP contribution in [0.25, 0.3) is 0 Å². The van der Waals surface area contributed by atoms with Crippen molar-refractivity contribution < 1.29 is 23.9 Å². The van der Waals surface area contributed by atoms with Gasteiger partial charge in [-0.3, -0.25) is 19.7 Å². The number of rotatable bonds is 3. The fourth-order valence-electron chi connectivity index (χ4n) is 3.26. The zero-order chi connectivity index (χ0) is 19.4. The minimum atomic E-state index is -0.729. The van der Waals surface area contributed by atoms with Crippen molar-refractivity contribution in [3.05, 3.63) is 29.8 Å². The predicted molar refractivity (Wildman–Crippen MR) is 95.2 cm³/mol. The van der Waals surface area contributed by atoms with Crippen molar-refractivity contribution in [2.75, 3.05) is 33.3 Å². The molecular formula is C18H22N4O5. The van der Waals surface area contributed by atoms with Crippen LogP contribution < -0.4 is 15.4 Å². The van der Waals surface area contributed by atoms with Crippen LogP contribution in [0.3, 0.4) is 0 Å². The van der Waals surface area contributed by atoms with Crippen LogP contribution in [0.1, 0.15) is 23.2 Å². The van der Waals surface area contributed by atoms with Crippen LogP contribution in [0.5, 0.6) is 5.75 Å². The third kappa shape index (κ3) is 4.18. The van der Waals surface area contributed by atoms with Gasteiger partial charge in [-0.15, -0.1) is 0 Å². The average molecular weight is 374 g/mol. The fraction of sp³-hybridized carbons (Fsp3) is 0.444. The molecule has 0 aliphatic carbocycles. The summed E-state index contributed by atoms with van der Waals surface area (Å²) in [5, 5.41) is 4.68. The fourth-order valence-corrected chi connectivity index (χ4v) is 3.26. The molecule has 2 aliphatic rings. The van der Waals surface area contributed by atoms with Gasteiger partial charge in [0.25, 0.3) is 5.91 Å². The smallest absolute Gasteiger partial charge is 0.322 e. The summed E-state index contributed by atoms with van der Waals surface area (Å²) < 4.78 is 5.24. The second-order valence-electron chi connectivity index (χ2n) is 6.43. The summed E-state index contributed by atoms with van der Waals surface area (Å²) in [6.07, 6.45) is 0.373. The van der Waals surface area contributed by atoms with E-state index in [4.69, 9.17) is 4.74 Å². The van der Waals surface area contributed by atoms with E-state index in [0.717, 1.165) is 0 Å². The first-order chi connectivity index (χ1) is 13.0. The Balaban J connectivity index is 1.60. The maximum atomic E-state index is 12.7. The molecule has 0 radical (unpaired) electrons. The number of methoxy groups -OCH3 is 1. The van der Waals surface area contributed by atoms with Crippen LogP contribution in [-0.2, 0) is 9.59 Å². The molecule has 1 aromatic rings. The highest BCUT2D eigenvalue weighted by molar-refractivity contribution is 5.99. The van der Waals surface area contributed by atoms with Crippen LogP contribution in [0.15, 0.2) is 24.3 Å². The molecule has 1 atom stereocenters. The standard InChI is InChI=1S/C18H22N4O5/c1-27-14-5-3-2-4-12(14)16(24)21-8-10-22(11-9-21)17(25)13-6-7-15(23)20-18(26)19-13/h2-5,13H,6-11H2,1H3,(H2,19,20,23,26)/t13-/m0/s1. The molecule has 144 valence electrons. The number of imide groups is 1. The van der Waals surface area contributed by atoms with E-state index in [0.29, 0.717) is 37.5 Å². The van der Waals surface area contributed by atoms with E-state index in [1.807, 2.05) is 0 Å². The van der Waals surface area contributed by atoms with E-state index in [2.05, 4.69) is 10.6 Å². The largest absolute Gasteiger partial charge is 0.496 e. The second kappa shape index (κ2) is 8.07. The number of urea groups is 1. The number of ether oxygens (including phenoxy) is 1. The van der Waals surface area contributed by atoms with Crippen LogP contribution in [0.2, 0.25) is 0 Å². The Morgan fingerprint density at radius 1 is 1.07 bits per heavy atom. The normalized spacial score (nSPS) is 20.4. The summed E-state index contributed by atoms with van der Waals surface area (Å²) >= 11 is 0. The van der Waals surface area contributed by atoms with Gasteiger partial charge in [-0.25, -0.2) is 4.79 Å². The Labute approximate surface area is 156 Å². The van der Waals surface area contributed by atoms with Crippen molar-refractivity contribution in [3.8, 4) is 5.75 Å². The van der Waals surface area contributed by atoms with Gasteiger partial charge in [-0.2, -0.15) is 0 Å². The van der Waals surface area contributed by atoms with Gasteiger partial charge < -0.3 is 19.9 Å². The number of hydrogen-bond acceptors (Lipinski definition) is 5. The van der Waals surface area contributed by atoms with Crippen molar-refractivity contribution in [2.24, 2.45) is 0 Å². The number of carbonyl (C=O) groups is 4. The summed E-state index contributed by atoms with van der Waals surface area (Å²) in [5.74, 6) is -0.254. The van der Waals surface area contributed by atoms with Crippen molar-refractivity contribution in [1.29, 1.82) is 0 Å². The lowest BCUT2D eigenvalue weighted by molar-refractivity contribution is -0.134. The molecule has 2 fully saturated rings. The number of nitrogens with zero attached hydrogens (tertiary/aromatic N) is 2. The van der Waals surface area contributed by atoms with E-state index in [1.165, 1.54) is 7.11 Å². The van der Waals surface area contributed by atoms with Crippen LogP contribution in [-0.4, -0.2) is 72.9 Å². The molecule has 2 heterocycles. The number of nitrogens with one attached hydrogen (secondary N) is 2. The lowest BCUT2D eigenvalue weighted by atomic mass is 10.1. The summed E-state index contributed by atoms with van der Waals surface area (Å²) in [6, 6.07) is 5.64. The minimum absolute atomic E-state index is 0.112. The molecule has 9 heteroatoms. The molecule has 3 rings (SSSR count). The quantitative estimate of drug-likeness (QED) is 0.772. The van der Waals surface area contributed by atoms with Crippen molar-refractivity contribution in [2.45, 2.75) is 18.9 Å². The molecular weight excluding hydrogens is 352 g/mol. The molecule has 0 bridgehead atoms. The van der Waals surface area contributed by atoms with Crippen molar-refractivity contribution in [1.82, 2.24) is 20.4 Å². The van der Waals surface area contributed by atoms with E-state index in [1.54, 1.807) is 34.1 Å². The molecule has 2 saturated heterocycles. The zero-order valence-corrected chi connectivity index (χ0v) is 15.1. The molecule has 2 aliphatic heterocycles. The first-order valence-electron chi connectivity index (χ1n) is 8.81. The first-order valence-corrected chi connectivity index (χ1v) is 8.81. The number of piperazine rings is 1. The van der Waals surface area contributed by atoms with Gasteiger partial charge in [-0.1, -0.05) is 12.1 Å². The molecule has 2 N–H and O–H groups in total. The zero-order valence-electron chi connectivity index (χ0n) is 15.1. The molecule has 0 unspecified atom stereocenters. The van der Waals surface area contributed by atoms with Gasteiger partial charge in [0.05, 0.1) is 12.7 Å². The highest BCUT2D eigenvalue weighted by Crippen LogP contribution is 2.20. The van der Waals surface area contributed by atoms with Gasteiger partial charge >= 0.3 is 6.03 Å². The maximum absolute atomic E-state index is 12.7. The van der Waals surface area contributed by atoms with E-state index >= 15 is 0 Å². The summed E-state index contributed by atoms with van der Waals surface area (Å²) in [7, 11) is 1.52. The predicted octanol–water partition coefficient (Wildman–Crippen LogP) is -0.0322. The van der Waals surface area contributed by atoms with Crippen molar-refractivity contribution >= 4 is 23.8 Å². The van der Waals surface area contributed by atoms with Crippen LogP contribution in [0, 0.1) is 0 Å². The summed E-state index contributed by atoms with van der Waals surface area (Å²) in [5.41, 5.74) is 0.486. The highest BCUT2D eigenvalue weighted by atomic mass is 16.5. The number of carbonyl (C=O) groups excluding carboxylic acids is 4. The van der Waals surface area contributed by atoms with Crippen LogP contribution >= 0.6 is 0 Å². The number of hydrogen-bond donors (Lipinski definition) is 2. The van der Waals surface area contributed by atoms with Crippen molar-refractivity contribution in [3.63, 3.8) is 0 Å². The van der Waals surface area contributed by atoms with E-state index in [-0.39, 0.29) is 24.7 Å². The Morgan fingerprint density at radius 3 is 2.44 bits per heavy atom. The topological polar surface area (TPSA) is 108 Å². The first kappa shape index (κ1) is 18.7. The second-order valence-corrected chi connectivity index (χ2v) is 6.43. The lowest BCUT2D eigenvalue weighted by Crippen LogP contribution is -2.56. The Bertz CT molecular complexity index is 758. The Hall–Kier alpha value is -3.10. The number of benzene rings is 1. The maximum Gasteiger partial charge on any atom is 0.322 e.